The van der Waals surface area contributed by atoms with E-state index >= 15 is 0 Å². The Balaban J connectivity index is 2.41. The summed E-state index contributed by atoms with van der Waals surface area (Å²) in [5.41, 5.74) is 1.18. The summed E-state index contributed by atoms with van der Waals surface area (Å²) in [5.74, 6) is 0.120. The van der Waals surface area contributed by atoms with E-state index < -0.39 is 17.4 Å². The molecule has 6 nitrogen and oxygen atoms in total. The molecule has 0 N–H and O–H groups in total. The minimum atomic E-state index is -0.559. The van der Waals surface area contributed by atoms with Gasteiger partial charge in [-0.2, -0.15) is 0 Å². The third-order valence-corrected chi connectivity index (χ3v) is 4.58. The van der Waals surface area contributed by atoms with Gasteiger partial charge in [0.05, 0.1) is 7.11 Å². The largest absolute Gasteiger partial charge is 0.496 e. The number of carbonyl (C=O) groups excluding carboxylic acids is 3. The van der Waals surface area contributed by atoms with Crippen molar-refractivity contribution in [3.63, 3.8) is 0 Å². The molecule has 0 radical (unpaired) electrons. The highest BCUT2D eigenvalue weighted by Gasteiger charge is 2.28. The minimum absolute atomic E-state index is 0.231. The molecule has 0 atom stereocenters. The first-order valence-corrected chi connectivity index (χ1v) is 9.63. The van der Waals surface area contributed by atoms with E-state index in [9.17, 15) is 14.4 Å². The van der Waals surface area contributed by atoms with Crippen molar-refractivity contribution in [1.29, 1.82) is 0 Å². The molecule has 0 unspecified atom stereocenters. The molecule has 162 valence electrons. The summed E-state index contributed by atoms with van der Waals surface area (Å²) in [6.07, 6.45) is 4.80. The van der Waals surface area contributed by atoms with Crippen LogP contribution in [0.5, 0.6) is 17.2 Å². The highest BCUT2D eigenvalue weighted by atomic mass is 16.5. The molecule has 0 aliphatic carbocycles. The van der Waals surface area contributed by atoms with Crippen LogP contribution >= 0.6 is 0 Å². The molecule has 6 heteroatoms. The summed E-state index contributed by atoms with van der Waals surface area (Å²) in [4.78, 5) is 35.1. The van der Waals surface area contributed by atoms with Crippen LogP contribution in [-0.4, -0.2) is 24.8 Å². The molecule has 0 bridgehead atoms. The van der Waals surface area contributed by atoms with Gasteiger partial charge in [0.1, 0.15) is 17.2 Å². The van der Waals surface area contributed by atoms with Crippen molar-refractivity contribution in [2.24, 2.45) is 0 Å². The van der Waals surface area contributed by atoms with Gasteiger partial charge >= 0.3 is 11.9 Å². The fourth-order valence-corrected chi connectivity index (χ4v) is 3.00. The molecule has 0 amide bonds. The first kappa shape index (κ1) is 23.6. The van der Waals surface area contributed by atoms with Crippen LogP contribution in [0.1, 0.15) is 49.2 Å². The Morgan fingerprint density at radius 2 is 1.55 bits per heavy atom. The summed E-state index contributed by atoms with van der Waals surface area (Å²) in [7, 11) is 1.52. The number of carbonyl (C=O) groups is 3. The molecular formula is C25H26O6. The normalized spacial score (nSPS) is 11.1. The number of esters is 2. The van der Waals surface area contributed by atoms with Crippen molar-refractivity contribution in [3.8, 4) is 17.2 Å². The van der Waals surface area contributed by atoms with Crippen molar-refractivity contribution in [2.75, 3.05) is 7.11 Å². The Hall–Kier alpha value is -3.67. The highest BCUT2D eigenvalue weighted by Crippen LogP contribution is 2.42. The Bertz CT molecular complexity index is 1030. The molecule has 2 aromatic carbocycles. The third kappa shape index (κ3) is 5.92. The lowest BCUT2D eigenvalue weighted by Gasteiger charge is -2.26. The molecule has 0 saturated heterocycles. The van der Waals surface area contributed by atoms with Crippen LogP contribution in [0.25, 0.3) is 6.08 Å². The summed E-state index contributed by atoms with van der Waals surface area (Å²) in [6.45, 7) is 10.4. The van der Waals surface area contributed by atoms with E-state index in [1.54, 1.807) is 48.6 Å². The van der Waals surface area contributed by atoms with Gasteiger partial charge in [-0.05, 0) is 48.6 Å². The molecule has 0 aliphatic rings. The fraction of sp³-hybridized carbons (Fsp3) is 0.240. The number of rotatable bonds is 8. The van der Waals surface area contributed by atoms with Crippen LogP contribution in [0, 0.1) is 0 Å². The van der Waals surface area contributed by atoms with E-state index in [0.717, 1.165) is 0 Å². The Morgan fingerprint density at radius 1 is 0.935 bits per heavy atom. The predicted octanol–water partition coefficient (Wildman–Crippen LogP) is 4.91. The van der Waals surface area contributed by atoms with Crippen LogP contribution in [0.3, 0.4) is 0 Å². The maximum atomic E-state index is 12.6. The number of hydrogen-bond donors (Lipinski definition) is 0. The highest BCUT2D eigenvalue weighted by molar-refractivity contribution is 6.07. The van der Waals surface area contributed by atoms with Gasteiger partial charge in [0.2, 0.25) is 0 Å². The van der Waals surface area contributed by atoms with Crippen molar-refractivity contribution in [3.05, 3.63) is 71.8 Å². The molecule has 0 spiro atoms. The van der Waals surface area contributed by atoms with Gasteiger partial charge in [-0.15, -0.1) is 6.58 Å². The van der Waals surface area contributed by atoms with E-state index in [0.29, 0.717) is 33.9 Å². The van der Waals surface area contributed by atoms with Gasteiger partial charge in [0.25, 0.3) is 0 Å². The number of allylic oxidation sites excluding steroid dienone is 2. The molecule has 0 fully saturated rings. The molecule has 2 rings (SSSR count). The van der Waals surface area contributed by atoms with Crippen LogP contribution < -0.4 is 14.2 Å². The Labute approximate surface area is 182 Å². The summed E-state index contributed by atoms with van der Waals surface area (Å²) < 4.78 is 16.0. The van der Waals surface area contributed by atoms with Crippen LogP contribution in [0.4, 0.5) is 0 Å². The van der Waals surface area contributed by atoms with E-state index in [2.05, 4.69) is 6.58 Å². The molecular weight excluding hydrogens is 396 g/mol. The number of hydrogen-bond acceptors (Lipinski definition) is 6. The van der Waals surface area contributed by atoms with E-state index in [4.69, 9.17) is 14.2 Å². The van der Waals surface area contributed by atoms with Gasteiger partial charge in [0, 0.05) is 36.0 Å². The monoisotopic (exact) mass is 422 g/mol. The van der Waals surface area contributed by atoms with E-state index in [1.807, 2.05) is 13.8 Å². The molecule has 0 aromatic heterocycles. The van der Waals surface area contributed by atoms with Crippen LogP contribution in [0.15, 0.2) is 55.1 Å². The zero-order valence-corrected chi connectivity index (χ0v) is 18.4. The van der Waals surface area contributed by atoms with Gasteiger partial charge in [-0.25, -0.2) is 0 Å². The Kier molecular flexibility index (Phi) is 7.53. The van der Waals surface area contributed by atoms with Gasteiger partial charge in [-0.3, -0.25) is 14.4 Å². The SMILES string of the molecule is C=CC(C)(C)c1c(OC(C)=O)ccc(/C=C/C(=O)c2ccc(OC(C)=O)cc2)c1OC. The summed E-state index contributed by atoms with van der Waals surface area (Å²) in [6, 6.07) is 9.66. The molecule has 0 heterocycles. The molecule has 2 aromatic rings. The average molecular weight is 422 g/mol. The van der Waals surface area contributed by atoms with Crippen molar-refractivity contribution in [1.82, 2.24) is 0 Å². The zero-order valence-electron chi connectivity index (χ0n) is 18.4. The van der Waals surface area contributed by atoms with Gasteiger partial charge in [0.15, 0.2) is 5.78 Å². The average Bonchev–Trinajstić information content (AvgIpc) is 2.71. The van der Waals surface area contributed by atoms with Crippen LogP contribution in [0.2, 0.25) is 0 Å². The van der Waals surface area contributed by atoms with Crippen molar-refractivity contribution in [2.45, 2.75) is 33.1 Å². The second-order valence-electron chi connectivity index (χ2n) is 7.40. The second-order valence-corrected chi connectivity index (χ2v) is 7.40. The molecule has 31 heavy (non-hydrogen) atoms. The number of methoxy groups -OCH3 is 1. The standard InChI is InChI=1S/C25H26O6/c1-7-25(4,5)23-22(31-17(3)27)15-11-19(24(23)29-6)10-14-21(28)18-8-12-20(13-9-18)30-16(2)26/h7-15H,1H2,2-6H3/b14-10+. The molecule has 0 aliphatic heterocycles. The third-order valence-electron chi connectivity index (χ3n) is 4.58. The lowest BCUT2D eigenvalue weighted by atomic mass is 9.82. The lowest BCUT2D eigenvalue weighted by Crippen LogP contribution is -2.18. The summed E-state index contributed by atoms with van der Waals surface area (Å²) >= 11 is 0. The van der Waals surface area contributed by atoms with Gasteiger partial charge < -0.3 is 14.2 Å². The Morgan fingerprint density at radius 3 is 2.06 bits per heavy atom. The second kappa shape index (κ2) is 9.89. The van der Waals surface area contributed by atoms with Crippen molar-refractivity contribution < 1.29 is 28.6 Å². The van der Waals surface area contributed by atoms with E-state index in [-0.39, 0.29) is 5.78 Å². The van der Waals surface area contributed by atoms with Crippen molar-refractivity contribution >= 4 is 23.8 Å². The lowest BCUT2D eigenvalue weighted by molar-refractivity contribution is -0.132. The summed E-state index contributed by atoms with van der Waals surface area (Å²) in [5, 5.41) is 0. The minimum Gasteiger partial charge on any atom is -0.496 e. The quantitative estimate of drug-likeness (QED) is 0.198. The predicted molar refractivity (Wildman–Crippen MR) is 119 cm³/mol. The van der Waals surface area contributed by atoms with Crippen LogP contribution in [-0.2, 0) is 15.0 Å². The number of ketones is 1. The molecule has 0 saturated carbocycles. The number of benzene rings is 2. The first-order valence-electron chi connectivity index (χ1n) is 9.63. The first-order chi connectivity index (χ1) is 14.6. The number of ether oxygens (including phenoxy) is 3. The zero-order chi connectivity index (χ0) is 23.2. The maximum absolute atomic E-state index is 12.6. The smallest absolute Gasteiger partial charge is 0.308 e. The maximum Gasteiger partial charge on any atom is 0.308 e. The topological polar surface area (TPSA) is 78.9 Å². The van der Waals surface area contributed by atoms with Gasteiger partial charge in [-0.1, -0.05) is 19.9 Å². The fourth-order valence-electron chi connectivity index (χ4n) is 3.00. The van der Waals surface area contributed by atoms with E-state index in [1.165, 1.54) is 27.0 Å².